The zero-order chi connectivity index (χ0) is 47.3. The average Bonchev–Trinajstić information content (AvgIpc) is 3.89. The molecule has 5 aromatic rings. The van der Waals surface area contributed by atoms with Crippen LogP contribution in [0.4, 0.5) is 34.1 Å². The number of anilines is 4. The zero-order valence-corrected chi connectivity index (χ0v) is 38.8. The Morgan fingerprint density at radius 1 is 0.701 bits per heavy atom. The highest BCUT2D eigenvalue weighted by atomic mass is 16.5. The van der Waals surface area contributed by atoms with E-state index in [1.807, 2.05) is 121 Å². The number of methoxy groups -OCH3 is 2. The number of amides is 2. The number of hydrogen-bond acceptors (Lipinski definition) is 12. The number of benzene rings is 5. The molecule has 2 aliphatic heterocycles. The highest BCUT2D eigenvalue weighted by molar-refractivity contribution is 5.97. The van der Waals surface area contributed by atoms with Crippen molar-refractivity contribution in [1.82, 2.24) is 14.7 Å². The van der Waals surface area contributed by atoms with Crippen LogP contribution in [0.5, 0.6) is 17.2 Å². The first-order valence-corrected chi connectivity index (χ1v) is 22.1. The predicted molar refractivity (Wildman–Crippen MR) is 258 cm³/mol. The SMILES string of the molecule is COc1ccc(Nc2ccc(N=NC3N(C)C=C[NH+]3CCCN(C)C(=O)c3ccc(C(=O)N(C)CCC[NH+]4C=C[N+](C)=C4N=Nc4ccc(Nc5ccc(OC)cc5)cc4O)cc3)cc2)cc1. The Morgan fingerprint density at radius 2 is 1.22 bits per heavy atom. The number of aromatic hydroxyl groups is 1. The molecule has 2 heterocycles. The Hall–Kier alpha value is -7.89. The third-order valence-electron chi connectivity index (χ3n) is 11.5. The standard InChI is InChI=1S/C50H56N12O5/c1-57(27-7-29-61-33-31-59(3)49(61)55-53-41-15-13-38(14-16-41)51-39-17-22-43(66-5)23-18-39)47(64)36-9-11-37(12-10-36)48(65)58(2)28-8-30-62-34-32-60(4)50(62)56-54-45-26-21-42(35-46(45)63)52-40-19-24-44(67-6)25-20-40/h9-26,31-35,49H,7-8,27-30H2,1-6H3,(H2,51,52,55,63)/p+3. The lowest BCUT2D eigenvalue weighted by molar-refractivity contribution is -0.877. The molecule has 2 aliphatic rings. The number of guanidine groups is 1. The van der Waals surface area contributed by atoms with Gasteiger partial charge in [0.15, 0.2) is 5.69 Å². The van der Waals surface area contributed by atoms with E-state index in [1.165, 1.54) is 0 Å². The van der Waals surface area contributed by atoms with Gasteiger partial charge in [-0.05, 0) is 114 Å². The molecule has 0 aliphatic carbocycles. The molecule has 0 saturated carbocycles. The number of ether oxygens (including phenoxy) is 2. The van der Waals surface area contributed by atoms with Crippen molar-refractivity contribution >= 4 is 51.9 Å². The summed E-state index contributed by atoms with van der Waals surface area (Å²) in [5.41, 5.74) is 5.59. The highest BCUT2D eigenvalue weighted by Gasteiger charge is 2.31. The third-order valence-corrected chi connectivity index (χ3v) is 11.5. The molecule has 2 amide bonds. The van der Waals surface area contributed by atoms with Gasteiger partial charge in [-0.25, -0.2) is 0 Å². The van der Waals surface area contributed by atoms with Crippen LogP contribution >= 0.6 is 0 Å². The van der Waals surface area contributed by atoms with E-state index in [2.05, 4.69) is 37.3 Å². The second kappa shape index (κ2) is 22.3. The monoisotopic (exact) mass is 907 g/mol. The lowest BCUT2D eigenvalue weighted by Gasteiger charge is -2.22. The number of rotatable bonds is 19. The summed E-state index contributed by atoms with van der Waals surface area (Å²) < 4.78 is 12.3. The molecule has 0 radical (unpaired) electrons. The number of carbonyl (C=O) groups is 2. The van der Waals surface area contributed by atoms with Crippen LogP contribution in [-0.2, 0) is 0 Å². The first-order valence-electron chi connectivity index (χ1n) is 22.1. The maximum absolute atomic E-state index is 13.4. The smallest absolute Gasteiger partial charge is 0.505 e. The largest absolute Gasteiger partial charge is 0.524 e. The first-order chi connectivity index (χ1) is 32.5. The summed E-state index contributed by atoms with van der Waals surface area (Å²) in [5, 5.41) is 35.3. The van der Waals surface area contributed by atoms with Gasteiger partial charge in [0.2, 0.25) is 0 Å². The number of nitrogens with one attached hydrogen (secondary N) is 4. The number of hydrogen-bond donors (Lipinski definition) is 5. The van der Waals surface area contributed by atoms with Crippen LogP contribution in [-0.4, -0.2) is 117 Å². The van der Waals surface area contributed by atoms with Gasteiger partial charge in [-0.1, -0.05) is 0 Å². The van der Waals surface area contributed by atoms with Crippen molar-refractivity contribution in [1.29, 1.82) is 0 Å². The van der Waals surface area contributed by atoms with Gasteiger partial charge in [-0.3, -0.25) is 14.5 Å². The van der Waals surface area contributed by atoms with E-state index in [0.29, 0.717) is 54.5 Å². The van der Waals surface area contributed by atoms with Gasteiger partial charge < -0.3 is 39.9 Å². The summed E-state index contributed by atoms with van der Waals surface area (Å²) in [6.45, 7) is 2.49. The van der Waals surface area contributed by atoms with E-state index in [0.717, 1.165) is 57.0 Å². The van der Waals surface area contributed by atoms with Gasteiger partial charge >= 0.3 is 5.96 Å². The maximum atomic E-state index is 13.4. The molecule has 346 valence electrons. The summed E-state index contributed by atoms with van der Waals surface area (Å²) in [6, 6.07) is 35.0. The lowest BCUT2D eigenvalue weighted by Crippen LogP contribution is -3.11. The fraction of sp³-hybridized carbons (Fsp3) is 0.260. The highest BCUT2D eigenvalue weighted by Crippen LogP contribution is 2.31. The van der Waals surface area contributed by atoms with Crippen LogP contribution in [0.15, 0.2) is 161 Å². The molecule has 17 nitrogen and oxygen atoms in total. The molecule has 3 unspecified atom stereocenters. The van der Waals surface area contributed by atoms with E-state index in [4.69, 9.17) is 9.47 Å². The Morgan fingerprint density at radius 3 is 1.78 bits per heavy atom. The summed E-state index contributed by atoms with van der Waals surface area (Å²) in [4.78, 5) is 34.3. The fourth-order valence-electron chi connectivity index (χ4n) is 7.54. The number of phenolic OH excluding ortho intramolecular Hbond substituents is 1. The topological polar surface area (TPSA) is 168 Å². The number of phenols is 1. The van der Waals surface area contributed by atoms with Gasteiger partial charge in [-0.15, -0.1) is 10.2 Å². The van der Waals surface area contributed by atoms with E-state index in [9.17, 15) is 14.7 Å². The van der Waals surface area contributed by atoms with Gasteiger partial charge in [0, 0.05) is 87.0 Å². The molecule has 17 heteroatoms. The molecule has 3 atom stereocenters. The van der Waals surface area contributed by atoms with Crippen LogP contribution < -0.4 is 29.9 Å². The van der Waals surface area contributed by atoms with Crippen molar-refractivity contribution < 1.29 is 38.5 Å². The van der Waals surface area contributed by atoms with Crippen molar-refractivity contribution in [2.45, 2.75) is 19.1 Å². The van der Waals surface area contributed by atoms with Crippen molar-refractivity contribution in [2.24, 2.45) is 20.5 Å². The molecular weight excluding hydrogens is 849 g/mol. The van der Waals surface area contributed by atoms with Crippen LogP contribution in [0, 0.1) is 0 Å². The van der Waals surface area contributed by atoms with Crippen molar-refractivity contribution in [3.8, 4) is 17.2 Å². The molecule has 5 aromatic carbocycles. The summed E-state index contributed by atoms with van der Waals surface area (Å²) >= 11 is 0. The Kier molecular flexibility index (Phi) is 15.7. The number of azo groups is 2. The van der Waals surface area contributed by atoms with Crippen LogP contribution in [0.3, 0.4) is 0 Å². The molecule has 0 aromatic heterocycles. The summed E-state index contributed by atoms with van der Waals surface area (Å²) in [5.74, 6) is 1.99. The predicted octanol–water partition coefficient (Wildman–Crippen LogP) is 6.34. The van der Waals surface area contributed by atoms with Gasteiger partial charge in [0.1, 0.15) is 41.0 Å². The molecule has 0 fully saturated rings. The fourth-order valence-corrected chi connectivity index (χ4v) is 7.54. The van der Waals surface area contributed by atoms with Crippen LogP contribution in [0.1, 0.15) is 33.6 Å². The van der Waals surface area contributed by atoms with Gasteiger partial charge in [0.25, 0.3) is 18.1 Å². The van der Waals surface area contributed by atoms with Crippen molar-refractivity contribution in [2.75, 3.05) is 79.2 Å². The Labute approximate surface area is 391 Å². The molecule has 0 saturated heterocycles. The second-order valence-corrected chi connectivity index (χ2v) is 16.3. The maximum Gasteiger partial charge on any atom is 0.524 e. The van der Waals surface area contributed by atoms with Crippen LogP contribution in [0.2, 0.25) is 0 Å². The molecule has 0 bridgehead atoms. The number of quaternary nitrogens is 2. The zero-order valence-electron chi connectivity index (χ0n) is 38.8. The van der Waals surface area contributed by atoms with Crippen molar-refractivity contribution in [3.05, 3.63) is 151 Å². The van der Waals surface area contributed by atoms with E-state index >= 15 is 0 Å². The Balaban J connectivity index is 0.827. The molecule has 5 N–H and O–H groups in total. The number of nitrogens with zero attached hydrogens (tertiary/aromatic N) is 8. The minimum atomic E-state index is -0.213. The van der Waals surface area contributed by atoms with E-state index in [1.54, 1.807) is 74.5 Å². The van der Waals surface area contributed by atoms with E-state index < -0.39 is 0 Å². The summed E-state index contributed by atoms with van der Waals surface area (Å²) in [7, 11) is 10.7. The molecular formula is C50H59N12O5+3. The minimum absolute atomic E-state index is 0.00361. The normalized spacial score (nSPS) is 16.6. The molecule has 67 heavy (non-hydrogen) atoms. The lowest BCUT2D eigenvalue weighted by atomic mass is 10.1. The molecule has 0 spiro atoms. The van der Waals surface area contributed by atoms with Gasteiger partial charge in [0.05, 0.1) is 46.2 Å². The first kappa shape index (κ1) is 47.1. The van der Waals surface area contributed by atoms with Crippen LogP contribution in [0.25, 0.3) is 0 Å². The third kappa shape index (κ3) is 12.5. The number of carbonyl (C=O) groups excluding carboxylic acids is 2. The van der Waals surface area contributed by atoms with Gasteiger partial charge in [-0.2, -0.15) is 9.48 Å². The second-order valence-electron chi connectivity index (χ2n) is 16.3. The summed E-state index contributed by atoms with van der Waals surface area (Å²) in [6.07, 6.45) is 9.22. The van der Waals surface area contributed by atoms with E-state index in [-0.39, 0.29) is 23.9 Å². The van der Waals surface area contributed by atoms with Crippen molar-refractivity contribution in [3.63, 3.8) is 0 Å². The quantitative estimate of drug-likeness (QED) is 0.0473. The average molecular weight is 908 g/mol. The molecule has 7 rings (SSSR count). The minimum Gasteiger partial charge on any atom is -0.505 e. The Bertz CT molecular complexity index is 2630.